The van der Waals surface area contributed by atoms with Crippen molar-refractivity contribution < 1.29 is 19.1 Å². The Kier molecular flexibility index (Phi) is 4.78. The van der Waals surface area contributed by atoms with Gasteiger partial charge in [-0.1, -0.05) is 30.4 Å². The van der Waals surface area contributed by atoms with Crippen LogP contribution in [0.1, 0.15) is 11.3 Å². The number of rotatable bonds is 6. The maximum Gasteiger partial charge on any atom is 0.230 e. The van der Waals surface area contributed by atoms with Crippen molar-refractivity contribution in [2.45, 2.75) is 24.8 Å². The standard InChI is InChI=1S/C24H25N3O4/c1-26(14-17-7-3-4-11-25-17)22(28)20-19-9-10-24(31-19)15-27(23(29)21(20)24)13-16-6-5-8-18(12-16)30-2/h3-12,19-21H,13-15H2,1-2H3/t19-,20-,21+,24-/m0/s1. The molecule has 7 nitrogen and oxygen atoms in total. The number of hydrogen-bond acceptors (Lipinski definition) is 5. The Morgan fingerprint density at radius 3 is 2.97 bits per heavy atom. The Morgan fingerprint density at radius 1 is 1.32 bits per heavy atom. The topological polar surface area (TPSA) is 72.0 Å². The molecule has 2 fully saturated rings. The van der Waals surface area contributed by atoms with Crippen LogP contribution >= 0.6 is 0 Å². The summed E-state index contributed by atoms with van der Waals surface area (Å²) in [5.74, 6) is -0.361. The summed E-state index contributed by atoms with van der Waals surface area (Å²) in [6.07, 6.45) is 5.28. The molecular weight excluding hydrogens is 394 g/mol. The fourth-order valence-corrected chi connectivity index (χ4v) is 5.05. The highest BCUT2D eigenvalue weighted by molar-refractivity contribution is 5.93. The van der Waals surface area contributed by atoms with Gasteiger partial charge < -0.3 is 19.3 Å². The number of carbonyl (C=O) groups excluding carboxylic acids is 2. The number of benzene rings is 1. The predicted molar refractivity (Wildman–Crippen MR) is 113 cm³/mol. The molecule has 1 spiro atoms. The van der Waals surface area contributed by atoms with Crippen LogP contribution in [-0.2, 0) is 27.4 Å². The highest BCUT2D eigenvalue weighted by atomic mass is 16.5. The molecule has 3 aliphatic rings. The number of aromatic nitrogens is 1. The van der Waals surface area contributed by atoms with Gasteiger partial charge in [0.25, 0.3) is 0 Å². The Bertz CT molecular complexity index is 1040. The lowest BCUT2D eigenvalue weighted by atomic mass is 9.76. The first-order valence-electron chi connectivity index (χ1n) is 10.4. The van der Waals surface area contributed by atoms with Crippen molar-refractivity contribution in [3.05, 3.63) is 72.1 Å². The van der Waals surface area contributed by atoms with Gasteiger partial charge in [-0.25, -0.2) is 0 Å². The van der Waals surface area contributed by atoms with Gasteiger partial charge in [-0.2, -0.15) is 0 Å². The Labute approximate surface area is 181 Å². The summed E-state index contributed by atoms with van der Waals surface area (Å²) in [4.78, 5) is 34.5. The van der Waals surface area contributed by atoms with Crippen LogP contribution in [0.5, 0.6) is 5.75 Å². The molecule has 1 aromatic heterocycles. The number of likely N-dealkylation sites (tertiary alicyclic amines) is 1. The van der Waals surface area contributed by atoms with Gasteiger partial charge in [-0.3, -0.25) is 14.6 Å². The molecule has 0 aliphatic carbocycles. The maximum atomic E-state index is 13.4. The zero-order valence-corrected chi connectivity index (χ0v) is 17.6. The third kappa shape index (κ3) is 3.29. The lowest BCUT2D eigenvalue weighted by molar-refractivity contribution is -0.142. The van der Waals surface area contributed by atoms with E-state index in [9.17, 15) is 9.59 Å². The van der Waals surface area contributed by atoms with E-state index < -0.39 is 17.4 Å². The molecule has 160 valence electrons. The fraction of sp³-hybridized carbons (Fsp3) is 0.375. The third-order valence-electron chi connectivity index (χ3n) is 6.47. The molecule has 2 bridgehead atoms. The van der Waals surface area contributed by atoms with E-state index in [1.54, 1.807) is 30.2 Å². The van der Waals surface area contributed by atoms with Crippen LogP contribution in [0.2, 0.25) is 0 Å². The van der Waals surface area contributed by atoms with Gasteiger partial charge >= 0.3 is 0 Å². The second kappa shape index (κ2) is 7.50. The van der Waals surface area contributed by atoms with E-state index in [0.29, 0.717) is 19.6 Å². The van der Waals surface area contributed by atoms with E-state index in [1.165, 1.54) is 0 Å². The second-order valence-electron chi connectivity index (χ2n) is 8.46. The fourth-order valence-electron chi connectivity index (χ4n) is 5.05. The minimum absolute atomic E-state index is 0.0285. The molecule has 7 heteroatoms. The normalized spacial score (nSPS) is 28.1. The average molecular weight is 419 g/mol. The largest absolute Gasteiger partial charge is 0.497 e. The maximum absolute atomic E-state index is 13.4. The first kappa shape index (κ1) is 19.8. The van der Waals surface area contributed by atoms with Crippen molar-refractivity contribution in [1.29, 1.82) is 0 Å². The third-order valence-corrected chi connectivity index (χ3v) is 6.47. The first-order chi connectivity index (χ1) is 15.0. The molecule has 4 heterocycles. The summed E-state index contributed by atoms with van der Waals surface area (Å²) in [5, 5.41) is 0. The molecule has 0 saturated carbocycles. The second-order valence-corrected chi connectivity index (χ2v) is 8.46. The van der Waals surface area contributed by atoms with Crippen molar-refractivity contribution in [2.75, 3.05) is 20.7 Å². The number of nitrogens with zero attached hydrogens (tertiary/aromatic N) is 3. The number of methoxy groups -OCH3 is 1. The molecule has 4 atom stereocenters. The van der Waals surface area contributed by atoms with Crippen LogP contribution in [-0.4, -0.2) is 59.0 Å². The molecule has 31 heavy (non-hydrogen) atoms. The summed E-state index contributed by atoms with van der Waals surface area (Å²) >= 11 is 0. The average Bonchev–Trinajstić information content (AvgIpc) is 3.42. The van der Waals surface area contributed by atoms with Crippen molar-refractivity contribution in [3.8, 4) is 5.75 Å². The lowest BCUT2D eigenvalue weighted by Crippen LogP contribution is -2.44. The number of amides is 2. The number of pyridine rings is 1. The van der Waals surface area contributed by atoms with E-state index in [2.05, 4.69) is 4.98 Å². The van der Waals surface area contributed by atoms with Crippen LogP contribution in [0.3, 0.4) is 0 Å². The molecule has 1 aromatic carbocycles. The van der Waals surface area contributed by atoms with E-state index in [1.807, 2.05) is 54.6 Å². The summed E-state index contributed by atoms with van der Waals surface area (Å²) in [6, 6.07) is 13.3. The minimum Gasteiger partial charge on any atom is -0.497 e. The molecule has 2 aromatic rings. The van der Waals surface area contributed by atoms with Gasteiger partial charge in [0.2, 0.25) is 11.8 Å². The van der Waals surface area contributed by atoms with Crippen LogP contribution < -0.4 is 4.74 Å². The number of hydrogen-bond donors (Lipinski definition) is 0. The van der Waals surface area contributed by atoms with Gasteiger partial charge in [0.05, 0.1) is 43.8 Å². The molecule has 5 rings (SSSR count). The summed E-state index contributed by atoms with van der Waals surface area (Å²) in [5.41, 5.74) is 1.08. The molecule has 2 amide bonds. The van der Waals surface area contributed by atoms with Gasteiger partial charge in [-0.05, 0) is 29.8 Å². The Balaban J connectivity index is 1.35. The Hall–Kier alpha value is -3.19. The van der Waals surface area contributed by atoms with Crippen molar-refractivity contribution in [3.63, 3.8) is 0 Å². The molecule has 0 radical (unpaired) electrons. The SMILES string of the molecule is COc1cccc(CN2C[C@]34C=C[C@H](O3)[C@H](C(=O)N(C)Cc3ccccn3)[C@@H]4C2=O)c1. The number of carbonyl (C=O) groups is 2. The number of ether oxygens (including phenoxy) is 2. The highest BCUT2D eigenvalue weighted by Gasteiger charge is 2.67. The first-order valence-corrected chi connectivity index (χ1v) is 10.4. The summed E-state index contributed by atoms with van der Waals surface area (Å²) in [6.45, 7) is 1.31. The molecule has 0 unspecified atom stereocenters. The molecule has 3 aliphatic heterocycles. The lowest BCUT2D eigenvalue weighted by Gasteiger charge is -2.27. The monoisotopic (exact) mass is 419 g/mol. The van der Waals surface area contributed by atoms with Gasteiger partial charge in [-0.15, -0.1) is 0 Å². The van der Waals surface area contributed by atoms with Gasteiger partial charge in [0.1, 0.15) is 11.4 Å². The highest BCUT2D eigenvalue weighted by Crippen LogP contribution is 2.52. The number of fused-ring (bicyclic) bond motifs is 1. The molecule has 2 saturated heterocycles. The van der Waals surface area contributed by atoms with Gasteiger partial charge in [0.15, 0.2) is 0 Å². The van der Waals surface area contributed by atoms with Crippen LogP contribution in [0, 0.1) is 11.8 Å². The minimum atomic E-state index is -0.715. The quantitative estimate of drug-likeness (QED) is 0.670. The van der Waals surface area contributed by atoms with Crippen molar-refractivity contribution in [1.82, 2.24) is 14.8 Å². The van der Waals surface area contributed by atoms with E-state index in [0.717, 1.165) is 17.0 Å². The van der Waals surface area contributed by atoms with Crippen LogP contribution in [0.25, 0.3) is 0 Å². The van der Waals surface area contributed by atoms with Crippen molar-refractivity contribution >= 4 is 11.8 Å². The smallest absolute Gasteiger partial charge is 0.230 e. The van der Waals surface area contributed by atoms with Gasteiger partial charge in [0, 0.05) is 19.8 Å². The predicted octanol–water partition coefficient (Wildman–Crippen LogP) is 2.03. The molecular formula is C24H25N3O4. The summed E-state index contributed by atoms with van der Waals surface area (Å²) in [7, 11) is 3.38. The zero-order valence-electron chi connectivity index (χ0n) is 17.6. The molecule has 0 N–H and O–H groups in total. The van der Waals surface area contributed by atoms with Crippen LogP contribution in [0.15, 0.2) is 60.8 Å². The van der Waals surface area contributed by atoms with Crippen LogP contribution in [0.4, 0.5) is 0 Å². The van der Waals surface area contributed by atoms with E-state index in [4.69, 9.17) is 9.47 Å². The zero-order chi connectivity index (χ0) is 21.6. The van der Waals surface area contributed by atoms with E-state index >= 15 is 0 Å². The van der Waals surface area contributed by atoms with E-state index in [-0.39, 0.29) is 17.9 Å². The Morgan fingerprint density at radius 2 is 2.19 bits per heavy atom. The van der Waals surface area contributed by atoms with Crippen molar-refractivity contribution in [2.24, 2.45) is 11.8 Å². The summed E-state index contributed by atoms with van der Waals surface area (Å²) < 4.78 is 11.5.